The molecule has 0 radical (unpaired) electrons. The minimum absolute atomic E-state index is 0.346. The van der Waals surface area contributed by atoms with Crippen LogP contribution >= 0.6 is 0 Å². The van der Waals surface area contributed by atoms with E-state index >= 15 is 0 Å². The van der Waals surface area contributed by atoms with E-state index < -0.39 is 0 Å². The van der Waals surface area contributed by atoms with Crippen LogP contribution in [0, 0.1) is 12.8 Å². The Morgan fingerprint density at radius 1 is 1.14 bits per heavy atom. The van der Waals surface area contributed by atoms with Crippen molar-refractivity contribution in [2.75, 3.05) is 19.6 Å². The van der Waals surface area contributed by atoms with Crippen LogP contribution in [-0.2, 0) is 11.3 Å². The summed E-state index contributed by atoms with van der Waals surface area (Å²) < 4.78 is 2.06. The van der Waals surface area contributed by atoms with E-state index in [2.05, 4.69) is 50.5 Å². The Kier molecular flexibility index (Phi) is 4.71. The third-order valence-electron chi connectivity index (χ3n) is 7.19. The molecule has 2 aromatic rings. The van der Waals surface area contributed by atoms with Crippen LogP contribution in [0.3, 0.4) is 0 Å². The van der Waals surface area contributed by atoms with Crippen molar-refractivity contribution < 1.29 is 4.79 Å². The molecule has 4 saturated heterocycles. The van der Waals surface area contributed by atoms with Crippen molar-refractivity contribution in [3.63, 3.8) is 0 Å². The fourth-order valence-corrected chi connectivity index (χ4v) is 5.79. The molecule has 3 atom stereocenters. The molecule has 2 bridgehead atoms. The van der Waals surface area contributed by atoms with Crippen LogP contribution in [0.4, 0.5) is 0 Å². The fraction of sp³-hybridized carbons (Fsp3) is 0.565. The van der Waals surface area contributed by atoms with Gasteiger partial charge in [-0.1, -0.05) is 29.8 Å². The molecule has 0 N–H and O–H groups in total. The lowest BCUT2D eigenvalue weighted by atomic mass is 9.75. The predicted octanol–water partition coefficient (Wildman–Crippen LogP) is 3.06. The van der Waals surface area contributed by atoms with E-state index in [0.29, 0.717) is 36.2 Å². The first-order valence-corrected chi connectivity index (χ1v) is 10.8. The van der Waals surface area contributed by atoms with Crippen molar-refractivity contribution in [2.45, 2.75) is 57.2 Å². The number of imidazole rings is 1. The molecule has 0 spiro atoms. The second-order valence-corrected chi connectivity index (χ2v) is 8.82. The Morgan fingerprint density at radius 2 is 1.93 bits per heavy atom. The third-order valence-corrected chi connectivity index (χ3v) is 7.19. The maximum atomic E-state index is 13.2. The van der Waals surface area contributed by atoms with Crippen molar-refractivity contribution in [1.82, 2.24) is 19.4 Å². The van der Waals surface area contributed by atoms with Crippen molar-refractivity contribution >= 4 is 5.91 Å². The molecule has 4 aliphatic heterocycles. The van der Waals surface area contributed by atoms with E-state index in [1.807, 2.05) is 12.5 Å². The molecule has 4 fully saturated rings. The van der Waals surface area contributed by atoms with Crippen LogP contribution in [-0.4, -0.2) is 57.0 Å². The lowest BCUT2D eigenvalue weighted by molar-refractivity contribution is -0.136. The van der Waals surface area contributed by atoms with Gasteiger partial charge in [0, 0.05) is 43.9 Å². The summed E-state index contributed by atoms with van der Waals surface area (Å²) in [5, 5.41) is 0. The van der Waals surface area contributed by atoms with E-state index in [0.717, 1.165) is 19.5 Å². The highest BCUT2D eigenvalue weighted by Gasteiger charge is 2.54. The molecule has 148 valence electrons. The monoisotopic (exact) mass is 378 g/mol. The molecule has 0 unspecified atom stereocenters. The number of aryl methyl sites for hydroxylation is 2. The summed E-state index contributed by atoms with van der Waals surface area (Å²) in [6, 6.07) is 9.93. The summed E-state index contributed by atoms with van der Waals surface area (Å²) in [5.74, 6) is 1.48. The Balaban J connectivity index is 1.34. The SMILES string of the molecule is Cc1ccc([C@@H]2CN(C(=O)CCCn3ccnc3)[C@H]3C4CCN(CC4)[C@@H]23)cc1. The first-order chi connectivity index (χ1) is 13.7. The van der Waals surface area contributed by atoms with Crippen LogP contribution in [0.2, 0.25) is 0 Å². The highest BCUT2D eigenvalue weighted by atomic mass is 16.2. The number of piperidine rings is 3. The largest absolute Gasteiger partial charge is 0.337 e. The Morgan fingerprint density at radius 3 is 2.64 bits per heavy atom. The van der Waals surface area contributed by atoms with Crippen molar-refractivity contribution in [1.29, 1.82) is 0 Å². The van der Waals surface area contributed by atoms with E-state index in [4.69, 9.17) is 0 Å². The van der Waals surface area contributed by atoms with Crippen molar-refractivity contribution in [3.8, 4) is 0 Å². The minimum atomic E-state index is 0.346. The van der Waals surface area contributed by atoms with Gasteiger partial charge in [-0.25, -0.2) is 4.98 Å². The van der Waals surface area contributed by atoms with Crippen LogP contribution in [0.15, 0.2) is 43.0 Å². The second-order valence-electron chi connectivity index (χ2n) is 8.82. The number of fused-ring (bicyclic) bond motifs is 2. The third kappa shape index (κ3) is 3.16. The molecule has 1 aromatic heterocycles. The molecular weight excluding hydrogens is 348 g/mol. The molecule has 28 heavy (non-hydrogen) atoms. The van der Waals surface area contributed by atoms with Crippen LogP contribution in [0.25, 0.3) is 0 Å². The van der Waals surface area contributed by atoms with Gasteiger partial charge in [-0.2, -0.15) is 0 Å². The Hall–Kier alpha value is -2.14. The van der Waals surface area contributed by atoms with Gasteiger partial charge in [0.05, 0.1) is 12.4 Å². The van der Waals surface area contributed by atoms with E-state index in [9.17, 15) is 4.79 Å². The zero-order chi connectivity index (χ0) is 19.1. The quantitative estimate of drug-likeness (QED) is 0.803. The number of benzene rings is 1. The number of likely N-dealkylation sites (tertiary alicyclic amines) is 1. The predicted molar refractivity (Wildman–Crippen MR) is 109 cm³/mol. The molecule has 5 nitrogen and oxygen atoms in total. The molecule has 1 amide bonds. The van der Waals surface area contributed by atoms with Gasteiger partial charge in [0.2, 0.25) is 5.91 Å². The summed E-state index contributed by atoms with van der Waals surface area (Å²) in [7, 11) is 0. The summed E-state index contributed by atoms with van der Waals surface area (Å²) in [5.41, 5.74) is 2.71. The van der Waals surface area contributed by atoms with Gasteiger partial charge >= 0.3 is 0 Å². The van der Waals surface area contributed by atoms with Gasteiger partial charge in [0.25, 0.3) is 0 Å². The molecule has 5 heteroatoms. The molecule has 6 rings (SSSR count). The zero-order valence-corrected chi connectivity index (χ0v) is 16.7. The fourth-order valence-electron chi connectivity index (χ4n) is 5.79. The number of hydrogen-bond acceptors (Lipinski definition) is 3. The van der Waals surface area contributed by atoms with Crippen LogP contribution in [0.1, 0.15) is 42.7 Å². The highest BCUT2D eigenvalue weighted by molar-refractivity contribution is 5.77. The number of aromatic nitrogens is 2. The number of rotatable bonds is 5. The zero-order valence-electron chi connectivity index (χ0n) is 16.7. The van der Waals surface area contributed by atoms with E-state index in [-0.39, 0.29) is 0 Å². The van der Waals surface area contributed by atoms with Gasteiger partial charge in [-0.15, -0.1) is 0 Å². The lowest BCUT2D eigenvalue weighted by Crippen LogP contribution is -2.60. The number of nitrogens with zero attached hydrogens (tertiary/aromatic N) is 4. The number of carbonyl (C=O) groups excluding carboxylic acids is 1. The number of hydrogen-bond donors (Lipinski definition) is 0. The van der Waals surface area contributed by atoms with E-state index in [1.165, 1.54) is 37.1 Å². The Labute approximate surface area is 167 Å². The van der Waals surface area contributed by atoms with E-state index in [1.54, 1.807) is 6.20 Å². The molecule has 1 aromatic carbocycles. The smallest absolute Gasteiger partial charge is 0.222 e. The summed E-state index contributed by atoms with van der Waals surface area (Å²) in [6.45, 7) is 6.30. The Bertz CT molecular complexity index is 808. The van der Waals surface area contributed by atoms with Crippen LogP contribution < -0.4 is 0 Å². The first kappa shape index (κ1) is 17.9. The maximum Gasteiger partial charge on any atom is 0.222 e. The average Bonchev–Trinajstić information content (AvgIpc) is 3.38. The topological polar surface area (TPSA) is 41.4 Å². The molecule has 0 aliphatic carbocycles. The first-order valence-electron chi connectivity index (χ1n) is 10.8. The van der Waals surface area contributed by atoms with Gasteiger partial charge in [0.15, 0.2) is 0 Å². The summed E-state index contributed by atoms with van der Waals surface area (Å²) in [6.07, 6.45) is 9.61. The summed E-state index contributed by atoms with van der Waals surface area (Å²) >= 11 is 0. The standard InChI is InChI=1S/C23H30N4O/c1-17-4-6-18(7-5-17)20-15-27(21(28)3-2-11-25-14-10-24-16-25)22-19-8-12-26(13-9-19)23(20)22/h4-7,10,14,16,19-20,22-23H,2-3,8-9,11-13,15H2,1H3/t20-,22-,23-/m0/s1. The summed E-state index contributed by atoms with van der Waals surface area (Å²) in [4.78, 5) is 22.2. The molecular formula is C23H30N4O. The van der Waals surface area contributed by atoms with Gasteiger partial charge < -0.3 is 9.47 Å². The van der Waals surface area contributed by atoms with Crippen molar-refractivity contribution in [2.24, 2.45) is 5.92 Å². The normalized spacial score (nSPS) is 31.2. The average molecular weight is 379 g/mol. The molecule has 5 heterocycles. The lowest BCUT2D eigenvalue weighted by Gasteiger charge is -2.51. The van der Waals surface area contributed by atoms with Crippen molar-refractivity contribution in [3.05, 3.63) is 54.1 Å². The number of amides is 1. The molecule has 0 saturated carbocycles. The second kappa shape index (κ2) is 7.36. The minimum Gasteiger partial charge on any atom is -0.337 e. The highest BCUT2D eigenvalue weighted by Crippen LogP contribution is 2.46. The molecule has 4 aliphatic rings. The maximum absolute atomic E-state index is 13.2. The van der Waals surface area contributed by atoms with Gasteiger partial charge in [-0.05, 0) is 50.8 Å². The van der Waals surface area contributed by atoms with Gasteiger partial charge in [0.1, 0.15) is 0 Å². The number of carbonyl (C=O) groups is 1. The van der Waals surface area contributed by atoms with Gasteiger partial charge in [-0.3, -0.25) is 9.69 Å². The van der Waals surface area contributed by atoms with Crippen LogP contribution in [0.5, 0.6) is 0 Å².